The molecule has 0 aliphatic carbocycles. The second kappa shape index (κ2) is 6.07. The fraction of sp³-hybridized carbons (Fsp3) is 0.571. The summed E-state index contributed by atoms with van der Waals surface area (Å²) in [5.74, 6) is 1.50. The zero-order valence-electron chi connectivity index (χ0n) is 10.7. The second-order valence-electron chi connectivity index (χ2n) is 4.78. The summed E-state index contributed by atoms with van der Waals surface area (Å²) in [5.41, 5.74) is 1.10. The number of benzene rings is 1. The van der Waals surface area contributed by atoms with Crippen LogP contribution in [0.1, 0.15) is 31.4 Å². The SMILES string of the molecule is CCC(CCO)CNC1COc2cc(O)ccc21. The van der Waals surface area contributed by atoms with Crippen molar-refractivity contribution in [2.24, 2.45) is 5.92 Å². The van der Waals surface area contributed by atoms with Crippen molar-refractivity contribution in [3.63, 3.8) is 0 Å². The van der Waals surface area contributed by atoms with E-state index < -0.39 is 0 Å². The summed E-state index contributed by atoms with van der Waals surface area (Å²) in [6.45, 7) is 3.87. The largest absolute Gasteiger partial charge is 0.508 e. The number of aromatic hydroxyl groups is 1. The van der Waals surface area contributed by atoms with Crippen LogP contribution < -0.4 is 10.1 Å². The molecule has 0 saturated heterocycles. The van der Waals surface area contributed by atoms with Crippen LogP contribution in [0.4, 0.5) is 0 Å². The average molecular weight is 251 g/mol. The van der Waals surface area contributed by atoms with Crippen LogP contribution in [-0.4, -0.2) is 30.0 Å². The Morgan fingerprint density at radius 2 is 2.33 bits per heavy atom. The van der Waals surface area contributed by atoms with E-state index in [9.17, 15) is 5.11 Å². The highest BCUT2D eigenvalue weighted by Gasteiger charge is 2.24. The summed E-state index contributed by atoms with van der Waals surface area (Å²) < 4.78 is 5.55. The number of hydrogen-bond donors (Lipinski definition) is 3. The van der Waals surface area contributed by atoms with Crippen molar-refractivity contribution in [2.45, 2.75) is 25.8 Å². The summed E-state index contributed by atoms with van der Waals surface area (Å²) in [5, 5.41) is 21.8. The number of phenols is 1. The minimum Gasteiger partial charge on any atom is -0.508 e. The highest BCUT2D eigenvalue weighted by Crippen LogP contribution is 2.34. The Labute approximate surface area is 108 Å². The summed E-state index contributed by atoms with van der Waals surface area (Å²) in [6.07, 6.45) is 1.89. The molecule has 1 aliphatic heterocycles. The number of ether oxygens (including phenoxy) is 1. The Hall–Kier alpha value is -1.26. The number of phenolic OH excluding ortho intramolecular Hbond substituents is 1. The standard InChI is InChI=1S/C14H21NO3/c1-2-10(5-6-16)8-15-13-9-18-14-7-11(17)3-4-12(13)14/h3-4,7,10,13,15-17H,2,5-6,8-9H2,1H3. The Morgan fingerprint density at radius 3 is 3.06 bits per heavy atom. The van der Waals surface area contributed by atoms with Gasteiger partial charge in [-0.05, 0) is 31.0 Å². The van der Waals surface area contributed by atoms with Crippen molar-refractivity contribution in [2.75, 3.05) is 19.8 Å². The van der Waals surface area contributed by atoms with Gasteiger partial charge in [-0.1, -0.05) is 13.3 Å². The number of hydrogen-bond acceptors (Lipinski definition) is 4. The summed E-state index contributed by atoms with van der Waals surface area (Å²) in [6, 6.07) is 5.44. The fourth-order valence-electron chi connectivity index (χ4n) is 2.31. The lowest BCUT2D eigenvalue weighted by Crippen LogP contribution is -2.28. The predicted molar refractivity (Wildman–Crippen MR) is 69.8 cm³/mol. The molecule has 1 heterocycles. The minimum absolute atomic E-state index is 0.188. The van der Waals surface area contributed by atoms with E-state index in [1.54, 1.807) is 12.1 Å². The average Bonchev–Trinajstić information content (AvgIpc) is 2.76. The molecular weight excluding hydrogens is 230 g/mol. The molecule has 0 bridgehead atoms. The maximum atomic E-state index is 9.38. The van der Waals surface area contributed by atoms with E-state index in [1.165, 1.54) is 0 Å². The lowest BCUT2D eigenvalue weighted by Gasteiger charge is -2.18. The maximum absolute atomic E-state index is 9.38. The van der Waals surface area contributed by atoms with Gasteiger partial charge in [-0.25, -0.2) is 0 Å². The molecule has 1 aromatic rings. The highest BCUT2D eigenvalue weighted by molar-refractivity contribution is 5.44. The molecule has 2 rings (SSSR count). The zero-order chi connectivity index (χ0) is 13.0. The molecule has 4 heteroatoms. The van der Waals surface area contributed by atoms with Crippen LogP contribution in [0.15, 0.2) is 18.2 Å². The van der Waals surface area contributed by atoms with Gasteiger partial charge in [-0.2, -0.15) is 0 Å². The van der Waals surface area contributed by atoms with E-state index in [0.29, 0.717) is 12.5 Å². The molecule has 0 amide bonds. The van der Waals surface area contributed by atoms with Gasteiger partial charge in [0.2, 0.25) is 0 Å². The predicted octanol–water partition coefficient (Wildman–Crippen LogP) is 1.82. The highest BCUT2D eigenvalue weighted by atomic mass is 16.5. The Balaban J connectivity index is 1.93. The smallest absolute Gasteiger partial charge is 0.127 e. The van der Waals surface area contributed by atoms with E-state index in [4.69, 9.17) is 9.84 Å². The molecule has 1 aromatic carbocycles. The first-order valence-electron chi connectivity index (χ1n) is 6.54. The maximum Gasteiger partial charge on any atom is 0.127 e. The lowest BCUT2D eigenvalue weighted by atomic mass is 10.0. The minimum atomic E-state index is 0.188. The van der Waals surface area contributed by atoms with Crippen molar-refractivity contribution in [3.05, 3.63) is 23.8 Å². The van der Waals surface area contributed by atoms with Crippen molar-refractivity contribution in [1.82, 2.24) is 5.32 Å². The molecule has 4 nitrogen and oxygen atoms in total. The third-order valence-corrected chi connectivity index (χ3v) is 3.55. The van der Waals surface area contributed by atoms with Crippen molar-refractivity contribution < 1.29 is 14.9 Å². The molecule has 2 atom stereocenters. The van der Waals surface area contributed by atoms with Gasteiger partial charge in [0, 0.05) is 18.2 Å². The topological polar surface area (TPSA) is 61.7 Å². The van der Waals surface area contributed by atoms with Gasteiger partial charge in [0.15, 0.2) is 0 Å². The van der Waals surface area contributed by atoms with Gasteiger partial charge >= 0.3 is 0 Å². The molecular formula is C14H21NO3. The van der Waals surface area contributed by atoms with Crippen LogP contribution in [0.5, 0.6) is 11.5 Å². The first-order chi connectivity index (χ1) is 8.74. The third-order valence-electron chi connectivity index (χ3n) is 3.55. The fourth-order valence-corrected chi connectivity index (χ4v) is 2.31. The van der Waals surface area contributed by atoms with Gasteiger partial charge in [0.05, 0.1) is 6.04 Å². The number of fused-ring (bicyclic) bond motifs is 1. The van der Waals surface area contributed by atoms with Gasteiger partial charge in [0.25, 0.3) is 0 Å². The van der Waals surface area contributed by atoms with E-state index in [2.05, 4.69) is 12.2 Å². The molecule has 1 aliphatic rings. The van der Waals surface area contributed by atoms with Crippen LogP contribution in [-0.2, 0) is 0 Å². The molecule has 100 valence electrons. The molecule has 3 N–H and O–H groups in total. The molecule has 18 heavy (non-hydrogen) atoms. The van der Waals surface area contributed by atoms with E-state index in [-0.39, 0.29) is 18.4 Å². The molecule has 0 fully saturated rings. The normalized spacial score (nSPS) is 19.3. The van der Waals surface area contributed by atoms with E-state index >= 15 is 0 Å². The quantitative estimate of drug-likeness (QED) is 0.722. The summed E-state index contributed by atoms with van der Waals surface area (Å²) in [4.78, 5) is 0. The number of nitrogens with one attached hydrogen (secondary N) is 1. The number of aliphatic hydroxyl groups is 1. The van der Waals surface area contributed by atoms with Crippen molar-refractivity contribution in [1.29, 1.82) is 0 Å². The van der Waals surface area contributed by atoms with Gasteiger partial charge in [-0.15, -0.1) is 0 Å². The van der Waals surface area contributed by atoms with Crippen LogP contribution in [0, 0.1) is 5.92 Å². The van der Waals surface area contributed by atoms with E-state index in [1.807, 2.05) is 6.07 Å². The zero-order valence-corrected chi connectivity index (χ0v) is 10.7. The first kappa shape index (κ1) is 13.2. The molecule has 0 radical (unpaired) electrons. The molecule has 2 unspecified atom stereocenters. The number of aliphatic hydroxyl groups excluding tert-OH is 1. The monoisotopic (exact) mass is 251 g/mol. The Bertz CT molecular complexity index is 395. The molecule has 0 saturated carbocycles. The molecule has 0 aromatic heterocycles. The third kappa shape index (κ3) is 2.94. The Kier molecular flexibility index (Phi) is 4.44. The lowest BCUT2D eigenvalue weighted by molar-refractivity contribution is 0.243. The second-order valence-corrected chi connectivity index (χ2v) is 4.78. The van der Waals surface area contributed by atoms with Crippen molar-refractivity contribution >= 4 is 0 Å². The van der Waals surface area contributed by atoms with E-state index in [0.717, 1.165) is 30.7 Å². The van der Waals surface area contributed by atoms with Crippen LogP contribution in [0.25, 0.3) is 0 Å². The first-order valence-corrected chi connectivity index (χ1v) is 6.54. The van der Waals surface area contributed by atoms with Gasteiger partial charge in [0.1, 0.15) is 18.1 Å². The van der Waals surface area contributed by atoms with Gasteiger partial charge < -0.3 is 20.3 Å². The van der Waals surface area contributed by atoms with Crippen LogP contribution in [0.2, 0.25) is 0 Å². The molecule has 0 spiro atoms. The summed E-state index contributed by atoms with van der Waals surface area (Å²) in [7, 11) is 0. The number of rotatable bonds is 6. The van der Waals surface area contributed by atoms with Gasteiger partial charge in [-0.3, -0.25) is 0 Å². The van der Waals surface area contributed by atoms with Crippen LogP contribution in [0.3, 0.4) is 0 Å². The van der Waals surface area contributed by atoms with Crippen molar-refractivity contribution in [3.8, 4) is 11.5 Å². The Morgan fingerprint density at radius 1 is 1.50 bits per heavy atom. The summed E-state index contributed by atoms with van der Waals surface area (Å²) >= 11 is 0. The van der Waals surface area contributed by atoms with Crippen LogP contribution >= 0.6 is 0 Å².